The van der Waals surface area contributed by atoms with Gasteiger partial charge in [0.05, 0.1) is 0 Å². The highest BCUT2D eigenvalue weighted by atomic mass is 15.4. The number of aromatic nitrogens is 5. The Morgan fingerprint density at radius 2 is 1.74 bits per heavy atom. The van der Waals surface area contributed by atoms with E-state index in [9.17, 15) is 0 Å². The fourth-order valence-corrected chi connectivity index (χ4v) is 3.12. The topological polar surface area (TPSA) is 75.0 Å². The smallest absolute Gasteiger partial charge is 0.161 e. The van der Waals surface area contributed by atoms with E-state index in [1.165, 1.54) is 0 Å². The average molecular weight is 314 g/mol. The van der Waals surface area contributed by atoms with E-state index in [2.05, 4.69) is 35.2 Å². The van der Waals surface area contributed by atoms with Crippen molar-refractivity contribution in [2.45, 2.75) is 19.9 Å². The quantitative estimate of drug-likeness (QED) is 0.838. The number of piperazine rings is 1. The largest absolute Gasteiger partial charge is 0.354 e. The summed E-state index contributed by atoms with van der Waals surface area (Å²) in [7, 11) is 0. The van der Waals surface area contributed by atoms with Crippen LogP contribution in [0.15, 0.2) is 12.4 Å². The summed E-state index contributed by atoms with van der Waals surface area (Å²) in [4.78, 5) is 18.2. The van der Waals surface area contributed by atoms with Crippen molar-refractivity contribution in [3.8, 4) is 5.82 Å². The highest BCUT2D eigenvalue weighted by molar-refractivity contribution is 5.44. The molecule has 0 aromatic carbocycles. The van der Waals surface area contributed by atoms with Crippen molar-refractivity contribution in [3.05, 3.63) is 24.0 Å². The summed E-state index contributed by atoms with van der Waals surface area (Å²) in [5.74, 6) is 3.26. The van der Waals surface area contributed by atoms with E-state index in [0.29, 0.717) is 0 Å². The average Bonchev–Trinajstić information content (AvgIpc) is 2.92. The molecule has 0 saturated carbocycles. The maximum absolute atomic E-state index is 4.62. The Kier molecular flexibility index (Phi) is 3.70. The van der Waals surface area contributed by atoms with Crippen LogP contribution in [0.1, 0.15) is 11.6 Å². The van der Waals surface area contributed by atoms with Crippen LogP contribution in [0.2, 0.25) is 0 Å². The van der Waals surface area contributed by atoms with Crippen LogP contribution in [0.3, 0.4) is 0 Å². The summed E-state index contributed by atoms with van der Waals surface area (Å²) in [6, 6.07) is 2.72. The van der Waals surface area contributed by atoms with E-state index in [1.807, 2.05) is 19.9 Å². The van der Waals surface area contributed by atoms with Crippen molar-refractivity contribution < 1.29 is 0 Å². The molecule has 8 nitrogen and oxygen atoms in total. The third-order valence-corrected chi connectivity index (χ3v) is 4.57. The molecule has 2 aliphatic rings. The maximum Gasteiger partial charge on any atom is 0.161 e. The van der Waals surface area contributed by atoms with Crippen molar-refractivity contribution in [2.75, 3.05) is 44.2 Å². The molecule has 2 fully saturated rings. The van der Waals surface area contributed by atoms with Gasteiger partial charge in [0.25, 0.3) is 0 Å². The van der Waals surface area contributed by atoms with E-state index >= 15 is 0 Å². The molecule has 2 aromatic rings. The van der Waals surface area contributed by atoms with E-state index in [1.54, 1.807) is 11.0 Å². The second kappa shape index (κ2) is 5.86. The second-order valence-electron chi connectivity index (χ2n) is 6.20. The normalized spacial score (nSPS) is 19.8. The van der Waals surface area contributed by atoms with Crippen molar-refractivity contribution in [2.24, 2.45) is 0 Å². The Labute approximate surface area is 135 Å². The summed E-state index contributed by atoms with van der Waals surface area (Å²) in [5, 5.41) is 7.69. The zero-order valence-electron chi connectivity index (χ0n) is 13.6. The Balaban J connectivity index is 1.51. The first kappa shape index (κ1) is 14.5. The molecule has 0 spiro atoms. The van der Waals surface area contributed by atoms with Crippen LogP contribution in [0.5, 0.6) is 0 Å². The van der Waals surface area contributed by atoms with Crippen molar-refractivity contribution in [1.29, 1.82) is 0 Å². The SMILES string of the molecule is Cc1nc(N2CCN(C3CNC3)CC2)cc(-n2cnc(C)n2)n1. The van der Waals surface area contributed by atoms with Crippen molar-refractivity contribution in [1.82, 2.24) is 34.9 Å². The molecule has 4 rings (SSSR count). The summed E-state index contributed by atoms with van der Waals surface area (Å²) in [6.07, 6.45) is 1.70. The van der Waals surface area contributed by atoms with Gasteiger partial charge in [-0.25, -0.2) is 19.6 Å². The van der Waals surface area contributed by atoms with Gasteiger partial charge in [-0.3, -0.25) is 4.90 Å². The summed E-state index contributed by atoms with van der Waals surface area (Å²) in [5.41, 5.74) is 0. The zero-order valence-corrected chi connectivity index (χ0v) is 13.6. The summed E-state index contributed by atoms with van der Waals surface area (Å²) < 4.78 is 1.71. The molecular weight excluding hydrogens is 292 g/mol. The molecular formula is C15H22N8. The van der Waals surface area contributed by atoms with E-state index < -0.39 is 0 Å². The molecule has 0 unspecified atom stereocenters. The van der Waals surface area contributed by atoms with Gasteiger partial charge in [-0.1, -0.05) is 0 Å². The fraction of sp³-hybridized carbons (Fsp3) is 0.600. The molecule has 4 heterocycles. The van der Waals surface area contributed by atoms with Crippen LogP contribution in [-0.2, 0) is 0 Å². The van der Waals surface area contributed by atoms with Gasteiger partial charge in [0.2, 0.25) is 0 Å². The molecule has 122 valence electrons. The monoisotopic (exact) mass is 314 g/mol. The first-order chi connectivity index (χ1) is 11.2. The predicted octanol–water partition coefficient (Wildman–Crippen LogP) is -0.232. The van der Waals surface area contributed by atoms with Crippen LogP contribution in [-0.4, -0.2) is 74.9 Å². The van der Waals surface area contributed by atoms with Crippen LogP contribution < -0.4 is 10.2 Å². The number of nitrogens with zero attached hydrogens (tertiary/aromatic N) is 7. The van der Waals surface area contributed by atoms with Gasteiger partial charge >= 0.3 is 0 Å². The Morgan fingerprint density at radius 1 is 1.00 bits per heavy atom. The standard InChI is InChI=1S/C15H22N8/c1-11-17-10-23(20-11)15-7-14(18-12(2)19-15)22-5-3-21(4-6-22)13-8-16-9-13/h7,10,13,16H,3-6,8-9H2,1-2H3. The van der Waals surface area contributed by atoms with Gasteiger partial charge in [0.15, 0.2) is 5.82 Å². The molecule has 8 heteroatoms. The van der Waals surface area contributed by atoms with Gasteiger partial charge in [-0.05, 0) is 13.8 Å². The number of nitrogens with one attached hydrogen (secondary N) is 1. The molecule has 23 heavy (non-hydrogen) atoms. The van der Waals surface area contributed by atoms with Gasteiger partial charge in [-0.2, -0.15) is 5.10 Å². The van der Waals surface area contributed by atoms with Crippen molar-refractivity contribution in [3.63, 3.8) is 0 Å². The second-order valence-corrected chi connectivity index (χ2v) is 6.20. The lowest BCUT2D eigenvalue weighted by molar-refractivity contribution is 0.137. The Hall–Kier alpha value is -2.06. The lowest BCUT2D eigenvalue weighted by Gasteiger charge is -2.43. The lowest BCUT2D eigenvalue weighted by Crippen LogP contribution is -2.61. The first-order valence-corrected chi connectivity index (χ1v) is 8.13. The number of hydrogen-bond acceptors (Lipinski definition) is 7. The van der Waals surface area contributed by atoms with E-state index in [4.69, 9.17) is 0 Å². The molecule has 2 aliphatic heterocycles. The minimum atomic E-state index is 0.720. The number of rotatable bonds is 3. The molecule has 0 bridgehead atoms. The van der Waals surface area contributed by atoms with Crippen LogP contribution >= 0.6 is 0 Å². The minimum absolute atomic E-state index is 0.720. The molecule has 0 atom stereocenters. The maximum atomic E-state index is 4.62. The highest BCUT2D eigenvalue weighted by Gasteiger charge is 2.28. The van der Waals surface area contributed by atoms with Gasteiger partial charge < -0.3 is 10.2 Å². The first-order valence-electron chi connectivity index (χ1n) is 8.13. The van der Waals surface area contributed by atoms with Gasteiger partial charge in [0, 0.05) is 51.4 Å². The minimum Gasteiger partial charge on any atom is -0.354 e. The molecule has 0 radical (unpaired) electrons. The van der Waals surface area contributed by atoms with Crippen molar-refractivity contribution >= 4 is 5.82 Å². The number of anilines is 1. The van der Waals surface area contributed by atoms with Gasteiger partial charge in [-0.15, -0.1) is 0 Å². The van der Waals surface area contributed by atoms with E-state index in [0.717, 1.165) is 68.6 Å². The van der Waals surface area contributed by atoms with Gasteiger partial charge in [0.1, 0.15) is 23.8 Å². The third kappa shape index (κ3) is 2.91. The van der Waals surface area contributed by atoms with Crippen LogP contribution in [0.25, 0.3) is 5.82 Å². The summed E-state index contributed by atoms with van der Waals surface area (Å²) in [6.45, 7) is 10.2. The third-order valence-electron chi connectivity index (χ3n) is 4.57. The predicted molar refractivity (Wildman–Crippen MR) is 86.9 cm³/mol. The van der Waals surface area contributed by atoms with Crippen LogP contribution in [0, 0.1) is 13.8 Å². The molecule has 1 N–H and O–H groups in total. The molecule has 2 saturated heterocycles. The molecule has 0 aliphatic carbocycles. The Morgan fingerprint density at radius 3 is 2.35 bits per heavy atom. The highest BCUT2D eigenvalue weighted by Crippen LogP contribution is 2.18. The fourth-order valence-electron chi connectivity index (χ4n) is 3.12. The van der Waals surface area contributed by atoms with E-state index in [-0.39, 0.29) is 0 Å². The van der Waals surface area contributed by atoms with Crippen LogP contribution in [0.4, 0.5) is 5.82 Å². The molecule has 0 amide bonds. The number of aryl methyl sites for hydroxylation is 2. The zero-order chi connectivity index (χ0) is 15.8. The number of hydrogen-bond donors (Lipinski definition) is 1. The molecule has 2 aromatic heterocycles. The lowest BCUT2D eigenvalue weighted by atomic mass is 10.1. The summed E-state index contributed by atoms with van der Waals surface area (Å²) >= 11 is 0. The Bertz CT molecular complexity index is 685.